The highest BCUT2D eigenvalue weighted by molar-refractivity contribution is 5.69. The Balaban J connectivity index is 1.44. The van der Waals surface area contributed by atoms with Gasteiger partial charge < -0.3 is 9.84 Å². The average molecular weight is 387 g/mol. The van der Waals surface area contributed by atoms with Gasteiger partial charge in [-0.15, -0.1) is 0 Å². The summed E-state index contributed by atoms with van der Waals surface area (Å²) in [5, 5.41) is 10.5. The van der Waals surface area contributed by atoms with Gasteiger partial charge in [-0.1, -0.05) is 68.6 Å². The van der Waals surface area contributed by atoms with Gasteiger partial charge in [-0.3, -0.25) is 4.79 Å². The van der Waals surface area contributed by atoms with E-state index in [-0.39, 0.29) is 12.1 Å². The van der Waals surface area contributed by atoms with Crippen LogP contribution in [0, 0.1) is 29.6 Å². The Morgan fingerprint density at radius 2 is 1.96 bits per heavy atom. The van der Waals surface area contributed by atoms with E-state index in [1.165, 1.54) is 45.6 Å². The van der Waals surface area contributed by atoms with Crippen molar-refractivity contribution in [2.75, 3.05) is 7.11 Å². The van der Waals surface area contributed by atoms with Crippen LogP contribution in [0.25, 0.3) is 0 Å². The maximum absolute atomic E-state index is 11.2. The molecule has 0 aromatic carbocycles. The first-order valence-electron chi connectivity index (χ1n) is 11.4. The number of allylic oxidation sites excluding steroid dienone is 5. The average Bonchev–Trinajstić information content (AvgIpc) is 3.31. The summed E-state index contributed by atoms with van der Waals surface area (Å²) in [6.07, 6.45) is 25.7. The minimum absolute atomic E-state index is 0.122. The first-order valence-corrected chi connectivity index (χ1v) is 11.4. The van der Waals surface area contributed by atoms with E-state index >= 15 is 0 Å². The lowest BCUT2D eigenvalue weighted by atomic mass is 9.80. The van der Waals surface area contributed by atoms with Crippen molar-refractivity contribution in [3.05, 3.63) is 36.5 Å². The van der Waals surface area contributed by atoms with Crippen molar-refractivity contribution in [3.8, 4) is 0 Å². The van der Waals surface area contributed by atoms with Crippen LogP contribution in [0.5, 0.6) is 0 Å². The van der Waals surface area contributed by atoms with E-state index in [1.807, 2.05) is 0 Å². The second kappa shape index (κ2) is 11.0. The molecule has 28 heavy (non-hydrogen) atoms. The van der Waals surface area contributed by atoms with Gasteiger partial charge in [0.1, 0.15) is 0 Å². The van der Waals surface area contributed by atoms with E-state index in [9.17, 15) is 9.90 Å². The Kier molecular flexibility index (Phi) is 8.39. The molecular formula is C25H38O3. The molecule has 3 rings (SSSR count). The maximum Gasteiger partial charge on any atom is 0.305 e. The van der Waals surface area contributed by atoms with E-state index in [1.54, 1.807) is 0 Å². The monoisotopic (exact) mass is 386 g/mol. The first-order chi connectivity index (χ1) is 13.7. The van der Waals surface area contributed by atoms with Crippen LogP contribution in [-0.4, -0.2) is 24.3 Å². The van der Waals surface area contributed by atoms with Crippen molar-refractivity contribution in [3.63, 3.8) is 0 Å². The minimum Gasteiger partial charge on any atom is -0.469 e. The molecule has 0 aromatic heterocycles. The fraction of sp³-hybridized carbons (Fsp3) is 0.720. The van der Waals surface area contributed by atoms with Crippen molar-refractivity contribution in [1.29, 1.82) is 0 Å². The van der Waals surface area contributed by atoms with Crippen molar-refractivity contribution in [1.82, 2.24) is 0 Å². The van der Waals surface area contributed by atoms with Crippen molar-refractivity contribution < 1.29 is 14.6 Å². The zero-order valence-corrected chi connectivity index (χ0v) is 17.5. The Labute approximate surface area is 170 Å². The number of hydrogen-bond donors (Lipinski definition) is 1. The lowest BCUT2D eigenvalue weighted by molar-refractivity contribution is -0.140. The number of ether oxygens (including phenoxy) is 1. The van der Waals surface area contributed by atoms with E-state index in [0.29, 0.717) is 30.1 Å². The fourth-order valence-corrected chi connectivity index (χ4v) is 5.52. The van der Waals surface area contributed by atoms with E-state index < -0.39 is 0 Å². The fourth-order valence-electron chi connectivity index (χ4n) is 5.52. The number of hydrogen-bond acceptors (Lipinski definition) is 3. The molecule has 3 aliphatic carbocycles. The van der Waals surface area contributed by atoms with Gasteiger partial charge >= 0.3 is 5.97 Å². The van der Waals surface area contributed by atoms with Crippen LogP contribution in [0.2, 0.25) is 0 Å². The zero-order chi connectivity index (χ0) is 19.8. The van der Waals surface area contributed by atoms with Crippen molar-refractivity contribution in [2.45, 2.75) is 76.7 Å². The number of carbonyl (C=O) groups excluding carboxylic acids is 1. The van der Waals surface area contributed by atoms with E-state index in [2.05, 4.69) is 41.2 Å². The topological polar surface area (TPSA) is 46.5 Å². The predicted molar refractivity (Wildman–Crippen MR) is 114 cm³/mol. The van der Waals surface area contributed by atoms with Gasteiger partial charge in [-0.05, 0) is 61.7 Å². The molecule has 0 amide bonds. The summed E-state index contributed by atoms with van der Waals surface area (Å²) in [4.78, 5) is 11.2. The van der Waals surface area contributed by atoms with Gasteiger partial charge in [0, 0.05) is 6.42 Å². The molecule has 2 fully saturated rings. The minimum atomic E-state index is -0.277. The highest BCUT2D eigenvalue weighted by Crippen LogP contribution is 2.50. The Morgan fingerprint density at radius 1 is 1.18 bits per heavy atom. The molecular weight excluding hydrogens is 348 g/mol. The zero-order valence-electron chi connectivity index (χ0n) is 17.5. The van der Waals surface area contributed by atoms with Crippen molar-refractivity contribution in [2.24, 2.45) is 29.6 Å². The third kappa shape index (κ3) is 6.07. The van der Waals surface area contributed by atoms with E-state index in [0.717, 1.165) is 31.6 Å². The lowest BCUT2D eigenvalue weighted by Gasteiger charge is -2.26. The molecule has 0 aromatic rings. The number of aliphatic hydroxyl groups excluding tert-OH is 1. The summed E-state index contributed by atoms with van der Waals surface area (Å²) in [6.45, 7) is 0. The number of unbranched alkanes of at least 4 members (excludes halogenated alkanes) is 1. The molecule has 2 bridgehead atoms. The molecule has 0 aliphatic heterocycles. The molecule has 3 unspecified atom stereocenters. The Bertz CT molecular complexity index is 570. The molecule has 2 saturated carbocycles. The SMILES string of the molecule is COC(=O)CCC/C=C\CC1C(C=CC(O)CC2CCCCC2)[C@H]2C=C[C@H]1C2. The van der Waals surface area contributed by atoms with Gasteiger partial charge in [-0.25, -0.2) is 0 Å². The summed E-state index contributed by atoms with van der Waals surface area (Å²) < 4.78 is 4.68. The summed E-state index contributed by atoms with van der Waals surface area (Å²) in [6, 6.07) is 0. The van der Waals surface area contributed by atoms with Crippen LogP contribution in [0.3, 0.4) is 0 Å². The lowest BCUT2D eigenvalue weighted by Crippen LogP contribution is -2.19. The molecule has 0 saturated heterocycles. The Hall–Kier alpha value is -1.35. The van der Waals surface area contributed by atoms with Gasteiger partial charge in [0.05, 0.1) is 13.2 Å². The van der Waals surface area contributed by atoms with Crippen LogP contribution < -0.4 is 0 Å². The van der Waals surface area contributed by atoms with Crippen LogP contribution in [0.15, 0.2) is 36.5 Å². The third-order valence-corrected chi connectivity index (χ3v) is 7.10. The molecule has 0 radical (unpaired) electrons. The van der Waals surface area contributed by atoms with Gasteiger partial charge in [0.25, 0.3) is 0 Å². The highest BCUT2D eigenvalue weighted by atomic mass is 16.5. The summed E-state index contributed by atoms with van der Waals surface area (Å²) in [5.74, 6) is 3.16. The smallest absolute Gasteiger partial charge is 0.305 e. The van der Waals surface area contributed by atoms with Crippen LogP contribution in [0.1, 0.15) is 70.6 Å². The number of methoxy groups -OCH3 is 1. The molecule has 3 aliphatic rings. The molecule has 3 nitrogen and oxygen atoms in total. The first kappa shape index (κ1) is 21.4. The summed E-state index contributed by atoms with van der Waals surface area (Å²) in [7, 11) is 1.45. The molecule has 0 spiro atoms. The van der Waals surface area contributed by atoms with Crippen molar-refractivity contribution >= 4 is 5.97 Å². The Morgan fingerprint density at radius 3 is 2.75 bits per heavy atom. The van der Waals surface area contributed by atoms with Gasteiger partial charge in [0.2, 0.25) is 0 Å². The van der Waals surface area contributed by atoms with Crippen LogP contribution >= 0.6 is 0 Å². The number of esters is 1. The normalized spacial score (nSPS) is 31.2. The molecule has 156 valence electrons. The predicted octanol–water partition coefficient (Wildman–Crippen LogP) is 5.60. The summed E-state index contributed by atoms with van der Waals surface area (Å²) >= 11 is 0. The molecule has 1 N–H and O–H groups in total. The van der Waals surface area contributed by atoms with Gasteiger partial charge in [0.15, 0.2) is 0 Å². The van der Waals surface area contributed by atoms with E-state index in [4.69, 9.17) is 0 Å². The third-order valence-electron chi connectivity index (χ3n) is 7.10. The molecule has 3 heteroatoms. The largest absolute Gasteiger partial charge is 0.469 e. The standard InChI is InChI=1S/C25H38O3/c1-28-25(27)12-8-3-2-7-11-23-20-13-14-21(18-20)24(23)16-15-22(26)17-19-9-5-4-6-10-19/h2,7,13-16,19-24,26H,3-6,8-12,17-18H2,1H3/b7-2-,16-15?/t20-,21-,22?,23?,24?/m0/s1. The number of rotatable bonds is 10. The highest BCUT2D eigenvalue weighted by Gasteiger charge is 2.42. The molecule has 0 heterocycles. The maximum atomic E-state index is 11.2. The van der Waals surface area contributed by atoms with Crippen LogP contribution in [0.4, 0.5) is 0 Å². The number of fused-ring (bicyclic) bond motifs is 2. The quantitative estimate of drug-likeness (QED) is 0.302. The number of carbonyl (C=O) groups is 1. The number of aliphatic hydroxyl groups is 1. The second-order valence-corrected chi connectivity index (χ2v) is 9.06. The molecule has 5 atom stereocenters. The van der Waals surface area contributed by atoms with Gasteiger partial charge in [-0.2, -0.15) is 0 Å². The summed E-state index contributed by atoms with van der Waals surface area (Å²) in [5.41, 5.74) is 0. The van der Waals surface area contributed by atoms with Crippen LogP contribution in [-0.2, 0) is 9.53 Å². The second-order valence-electron chi connectivity index (χ2n) is 9.06.